The van der Waals surface area contributed by atoms with Gasteiger partial charge in [0.1, 0.15) is 17.8 Å². The van der Waals surface area contributed by atoms with E-state index >= 15 is 0 Å². The van der Waals surface area contributed by atoms with Crippen LogP contribution in [-0.4, -0.2) is 29.5 Å². The highest BCUT2D eigenvalue weighted by Crippen LogP contribution is 2.28. The van der Waals surface area contributed by atoms with Crippen molar-refractivity contribution in [3.05, 3.63) is 98.1 Å². The van der Waals surface area contributed by atoms with Crippen molar-refractivity contribution in [2.45, 2.75) is 0 Å². The monoisotopic (exact) mass is 376 g/mol. The SMILES string of the molecule is c1ccc(-c2cn(-c3cncnc3)c(-c3ccc(-c4ccncc4)cc3)n2)nc1. The van der Waals surface area contributed by atoms with Crippen LogP contribution in [0.5, 0.6) is 0 Å². The topological polar surface area (TPSA) is 69.4 Å². The number of pyridine rings is 2. The Morgan fingerprint density at radius 1 is 0.621 bits per heavy atom. The van der Waals surface area contributed by atoms with E-state index in [0.717, 1.165) is 39.6 Å². The van der Waals surface area contributed by atoms with E-state index in [1.807, 2.05) is 41.1 Å². The van der Waals surface area contributed by atoms with Gasteiger partial charge in [-0.05, 0) is 35.4 Å². The Kier molecular flexibility index (Phi) is 4.35. The summed E-state index contributed by atoms with van der Waals surface area (Å²) >= 11 is 0. The molecule has 0 fully saturated rings. The average molecular weight is 376 g/mol. The van der Waals surface area contributed by atoms with Crippen LogP contribution in [-0.2, 0) is 0 Å². The highest BCUT2D eigenvalue weighted by Gasteiger charge is 2.14. The largest absolute Gasteiger partial charge is 0.296 e. The van der Waals surface area contributed by atoms with Gasteiger partial charge in [-0.15, -0.1) is 0 Å². The van der Waals surface area contributed by atoms with E-state index in [1.165, 1.54) is 6.33 Å². The lowest BCUT2D eigenvalue weighted by molar-refractivity contribution is 1.01. The van der Waals surface area contributed by atoms with Crippen molar-refractivity contribution in [2.75, 3.05) is 0 Å². The Bertz CT molecular complexity index is 1220. The first-order chi connectivity index (χ1) is 14.4. The first kappa shape index (κ1) is 16.9. The zero-order chi connectivity index (χ0) is 19.5. The molecule has 0 atom stereocenters. The van der Waals surface area contributed by atoms with Crippen molar-refractivity contribution in [2.24, 2.45) is 0 Å². The van der Waals surface area contributed by atoms with Crippen molar-refractivity contribution < 1.29 is 0 Å². The molecule has 0 saturated carbocycles. The summed E-state index contributed by atoms with van der Waals surface area (Å²) < 4.78 is 1.99. The minimum atomic E-state index is 0.794. The van der Waals surface area contributed by atoms with Gasteiger partial charge in [0.2, 0.25) is 0 Å². The van der Waals surface area contributed by atoms with Gasteiger partial charge >= 0.3 is 0 Å². The van der Waals surface area contributed by atoms with Gasteiger partial charge in [-0.1, -0.05) is 30.3 Å². The zero-order valence-corrected chi connectivity index (χ0v) is 15.4. The van der Waals surface area contributed by atoms with E-state index in [9.17, 15) is 0 Å². The molecule has 5 aromatic rings. The molecule has 6 heteroatoms. The number of rotatable bonds is 4. The summed E-state index contributed by atoms with van der Waals surface area (Å²) in [6, 6.07) is 18.1. The van der Waals surface area contributed by atoms with Gasteiger partial charge in [-0.25, -0.2) is 15.0 Å². The van der Waals surface area contributed by atoms with Crippen molar-refractivity contribution in [1.29, 1.82) is 0 Å². The summed E-state index contributed by atoms with van der Waals surface area (Å²) in [7, 11) is 0. The highest BCUT2D eigenvalue weighted by molar-refractivity contribution is 5.70. The van der Waals surface area contributed by atoms with Crippen LogP contribution in [0.25, 0.3) is 39.6 Å². The van der Waals surface area contributed by atoms with E-state index in [4.69, 9.17) is 4.98 Å². The van der Waals surface area contributed by atoms with Gasteiger partial charge in [0, 0.05) is 30.4 Å². The second kappa shape index (κ2) is 7.44. The van der Waals surface area contributed by atoms with Gasteiger partial charge in [0.15, 0.2) is 0 Å². The highest BCUT2D eigenvalue weighted by atomic mass is 15.1. The van der Waals surface area contributed by atoms with Gasteiger partial charge in [-0.3, -0.25) is 14.5 Å². The second-order valence-corrected chi connectivity index (χ2v) is 6.44. The van der Waals surface area contributed by atoms with Crippen molar-refractivity contribution in [1.82, 2.24) is 29.5 Å². The third-order valence-electron chi connectivity index (χ3n) is 4.62. The molecule has 0 amide bonds. The fourth-order valence-electron chi connectivity index (χ4n) is 3.19. The van der Waals surface area contributed by atoms with Crippen LogP contribution in [0.3, 0.4) is 0 Å². The summed E-state index contributed by atoms with van der Waals surface area (Å²) in [5.41, 5.74) is 5.70. The first-order valence-electron chi connectivity index (χ1n) is 9.15. The molecule has 0 aliphatic rings. The Hall–Kier alpha value is -4.19. The lowest BCUT2D eigenvalue weighted by atomic mass is 10.0. The maximum absolute atomic E-state index is 4.86. The fourth-order valence-corrected chi connectivity index (χ4v) is 3.19. The van der Waals surface area contributed by atoms with E-state index < -0.39 is 0 Å². The van der Waals surface area contributed by atoms with Crippen LogP contribution in [0.1, 0.15) is 0 Å². The smallest absolute Gasteiger partial charge is 0.145 e. The lowest BCUT2D eigenvalue weighted by Crippen LogP contribution is -1.97. The van der Waals surface area contributed by atoms with Crippen LogP contribution in [0.4, 0.5) is 0 Å². The normalized spacial score (nSPS) is 10.8. The zero-order valence-electron chi connectivity index (χ0n) is 15.4. The van der Waals surface area contributed by atoms with E-state index in [1.54, 1.807) is 31.0 Å². The van der Waals surface area contributed by atoms with E-state index in [-0.39, 0.29) is 0 Å². The number of benzene rings is 1. The van der Waals surface area contributed by atoms with Crippen molar-refractivity contribution in [3.8, 4) is 39.6 Å². The molecule has 0 saturated heterocycles. The molecule has 6 nitrogen and oxygen atoms in total. The number of imidazole rings is 1. The maximum Gasteiger partial charge on any atom is 0.145 e. The van der Waals surface area contributed by atoms with Gasteiger partial charge < -0.3 is 0 Å². The third-order valence-corrected chi connectivity index (χ3v) is 4.62. The number of hydrogen-bond acceptors (Lipinski definition) is 5. The third kappa shape index (κ3) is 3.39. The molecule has 0 spiro atoms. The average Bonchev–Trinajstić information content (AvgIpc) is 3.27. The number of hydrogen-bond donors (Lipinski definition) is 0. The molecule has 0 N–H and O–H groups in total. The van der Waals surface area contributed by atoms with Crippen LogP contribution >= 0.6 is 0 Å². The molecular weight excluding hydrogens is 360 g/mol. The molecule has 0 bridgehead atoms. The van der Waals surface area contributed by atoms with Gasteiger partial charge in [-0.2, -0.15) is 0 Å². The summed E-state index contributed by atoms with van der Waals surface area (Å²) in [5, 5.41) is 0. The molecule has 29 heavy (non-hydrogen) atoms. The minimum Gasteiger partial charge on any atom is -0.296 e. The molecule has 0 aliphatic carbocycles. The number of aromatic nitrogens is 6. The Labute approximate surface area is 167 Å². The summed E-state index contributed by atoms with van der Waals surface area (Å²) in [4.78, 5) is 21.7. The minimum absolute atomic E-state index is 0.794. The Balaban J connectivity index is 1.61. The van der Waals surface area contributed by atoms with Crippen LogP contribution in [0.15, 0.2) is 98.1 Å². The predicted molar refractivity (Wildman–Crippen MR) is 111 cm³/mol. The van der Waals surface area contributed by atoms with Crippen LogP contribution in [0.2, 0.25) is 0 Å². The molecule has 0 unspecified atom stereocenters. The molecule has 4 aromatic heterocycles. The van der Waals surface area contributed by atoms with Gasteiger partial charge in [0.05, 0.1) is 23.8 Å². The molecule has 1 aromatic carbocycles. The standard InChI is InChI=1S/C23H16N6/c1-2-10-27-21(3-1)22-15-29(20-13-25-16-26-14-20)23(28-22)19-6-4-17(5-7-19)18-8-11-24-12-9-18/h1-16H. The predicted octanol–water partition coefficient (Wildman–Crippen LogP) is 4.45. The lowest BCUT2D eigenvalue weighted by Gasteiger charge is -2.08. The van der Waals surface area contributed by atoms with Gasteiger partial charge in [0.25, 0.3) is 0 Å². The summed E-state index contributed by atoms with van der Waals surface area (Å²) in [5.74, 6) is 0.807. The molecular formula is C23H16N6. The summed E-state index contributed by atoms with van der Waals surface area (Å²) in [6.45, 7) is 0. The Morgan fingerprint density at radius 3 is 2.07 bits per heavy atom. The van der Waals surface area contributed by atoms with E-state index in [0.29, 0.717) is 0 Å². The van der Waals surface area contributed by atoms with Crippen molar-refractivity contribution in [3.63, 3.8) is 0 Å². The molecule has 0 aliphatic heterocycles. The van der Waals surface area contributed by atoms with Crippen molar-refractivity contribution >= 4 is 0 Å². The van der Waals surface area contributed by atoms with Crippen LogP contribution in [0, 0.1) is 0 Å². The van der Waals surface area contributed by atoms with E-state index in [2.05, 4.69) is 44.2 Å². The molecule has 0 radical (unpaired) electrons. The maximum atomic E-state index is 4.86. The molecule has 4 heterocycles. The fraction of sp³-hybridized carbons (Fsp3) is 0. The Morgan fingerprint density at radius 2 is 1.34 bits per heavy atom. The number of nitrogens with zero attached hydrogens (tertiary/aromatic N) is 6. The molecule has 138 valence electrons. The quantitative estimate of drug-likeness (QED) is 0.463. The first-order valence-corrected chi connectivity index (χ1v) is 9.15. The molecule has 5 rings (SSSR count). The summed E-state index contributed by atoms with van der Waals surface area (Å²) in [6.07, 6.45) is 12.4. The second-order valence-electron chi connectivity index (χ2n) is 6.44. The van der Waals surface area contributed by atoms with Crippen LogP contribution < -0.4 is 0 Å².